The molecule has 0 radical (unpaired) electrons. The molecule has 8 heteroatoms. The number of anilines is 1. The summed E-state index contributed by atoms with van der Waals surface area (Å²) < 4.78 is 2.00. The average Bonchev–Trinajstić information content (AvgIpc) is 3.49. The maximum Gasteiger partial charge on any atom is 0.224 e. The van der Waals surface area contributed by atoms with Gasteiger partial charge in [-0.2, -0.15) is 5.21 Å². The number of nitrogens with one attached hydrogen (secondary N) is 2. The fraction of sp³-hybridized carbons (Fsp3) is 0.0833. The molecule has 32 heavy (non-hydrogen) atoms. The van der Waals surface area contributed by atoms with Crippen LogP contribution in [-0.4, -0.2) is 31.1 Å². The number of aromatic amines is 1. The Morgan fingerprint density at radius 2 is 1.91 bits per heavy atom. The van der Waals surface area contributed by atoms with E-state index in [-0.39, 0.29) is 5.91 Å². The number of aromatic nitrogens is 5. The van der Waals surface area contributed by atoms with Gasteiger partial charge in [0, 0.05) is 28.6 Å². The molecule has 0 saturated heterocycles. The summed E-state index contributed by atoms with van der Waals surface area (Å²) in [4.78, 5) is 12.7. The van der Waals surface area contributed by atoms with Crippen molar-refractivity contribution in [3.05, 3.63) is 89.6 Å². The number of amides is 1. The van der Waals surface area contributed by atoms with Crippen LogP contribution < -0.4 is 5.32 Å². The molecule has 2 heterocycles. The topological polar surface area (TPSA) is 88.5 Å². The van der Waals surface area contributed by atoms with Crippen molar-refractivity contribution in [1.29, 1.82) is 0 Å². The minimum Gasteiger partial charge on any atom is -0.324 e. The van der Waals surface area contributed by atoms with Gasteiger partial charge in [-0.25, -0.2) is 0 Å². The molecule has 2 N–H and O–H groups in total. The number of aryl methyl sites for hydroxylation is 1. The molecule has 0 bridgehead atoms. The molecule has 0 fully saturated rings. The molecule has 0 unspecified atom stereocenters. The first-order chi connectivity index (χ1) is 15.7. The van der Waals surface area contributed by atoms with Gasteiger partial charge < -0.3 is 9.88 Å². The monoisotopic (exact) mass is 442 g/mol. The number of rotatable bonds is 6. The number of fused-ring (bicyclic) bond motifs is 1. The molecular weight excluding hydrogens is 424 g/mol. The molecule has 0 atom stereocenters. The highest BCUT2D eigenvalue weighted by atomic mass is 35.5. The molecule has 0 aliphatic carbocycles. The fourth-order valence-electron chi connectivity index (χ4n) is 3.78. The van der Waals surface area contributed by atoms with Gasteiger partial charge >= 0.3 is 0 Å². The molecule has 2 aromatic heterocycles. The standard InChI is InChI=1S/C24H19ClN6O/c25-18-10-11-21(19(15-18)24-27-29-30-28-24)31-14-13-17-7-4-8-20(23(17)31)26-22(32)12-9-16-5-2-1-3-6-16/h1-8,10-11,13-15H,9,12H2,(H,26,32)(H,27,28,29,30). The van der Waals surface area contributed by atoms with Crippen molar-refractivity contribution in [2.75, 3.05) is 5.32 Å². The van der Waals surface area contributed by atoms with Gasteiger partial charge in [0.15, 0.2) is 0 Å². The van der Waals surface area contributed by atoms with Crippen LogP contribution in [0.3, 0.4) is 0 Å². The lowest BCUT2D eigenvalue weighted by molar-refractivity contribution is -0.116. The Morgan fingerprint density at radius 3 is 2.72 bits per heavy atom. The van der Waals surface area contributed by atoms with Gasteiger partial charge in [0.2, 0.25) is 11.7 Å². The van der Waals surface area contributed by atoms with Crippen molar-refractivity contribution < 1.29 is 4.79 Å². The van der Waals surface area contributed by atoms with Gasteiger partial charge in [-0.1, -0.05) is 54.1 Å². The highest BCUT2D eigenvalue weighted by Crippen LogP contribution is 2.33. The third kappa shape index (κ3) is 3.98. The summed E-state index contributed by atoms with van der Waals surface area (Å²) in [7, 11) is 0. The maximum absolute atomic E-state index is 12.7. The van der Waals surface area contributed by atoms with Crippen LogP contribution in [0.15, 0.2) is 79.0 Å². The van der Waals surface area contributed by atoms with Crippen molar-refractivity contribution in [3.8, 4) is 17.1 Å². The molecule has 0 spiro atoms. The third-order valence-corrected chi connectivity index (χ3v) is 5.51. The van der Waals surface area contributed by atoms with Crippen LogP contribution in [-0.2, 0) is 11.2 Å². The Kier molecular flexibility index (Phi) is 5.39. The van der Waals surface area contributed by atoms with Gasteiger partial charge in [-0.3, -0.25) is 4.79 Å². The van der Waals surface area contributed by atoms with E-state index in [0.29, 0.717) is 23.7 Å². The molecule has 1 amide bonds. The number of H-pyrrole nitrogens is 1. The van der Waals surface area contributed by atoms with E-state index in [1.54, 1.807) is 6.07 Å². The van der Waals surface area contributed by atoms with Gasteiger partial charge in [-0.05, 0) is 47.5 Å². The summed E-state index contributed by atoms with van der Waals surface area (Å²) in [5.74, 6) is 0.400. The van der Waals surface area contributed by atoms with Crippen LogP contribution in [0.4, 0.5) is 5.69 Å². The van der Waals surface area contributed by atoms with E-state index in [0.717, 1.165) is 33.4 Å². The van der Waals surface area contributed by atoms with E-state index in [1.165, 1.54) is 0 Å². The quantitative estimate of drug-likeness (QED) is 0.385. The van der Waals surface area contributed by atoms with E-state index < -0.39 is 0 Å². The molecule has 0 aliphatic rings. The lowest BCUT2D eigenvalue weighted by atomic mass is 10.1. The lowest BCUT2D eigenvalue weighted by Crippen LogP contribution is -2.13. The summed E-state index contributed by atoms with van der Waals surface area (Å²) >= 11 is 6.25. The van der Waals surface area contributed by atoms with Crippen LogP contribution in [0, 0.1) is 0 Å². The predicted molar refractivity (Wildman–Crippen MR) is 125 cm³/mol. The largest absolute Gasteiger partial charge is 0.324 e. The highest BCUT2D eigenvalue weighted by molar-refractivity contribution is 6.31. The first-order valence-corrected chi connectivity index (χ1v) is 10.5. The number of tetrazole rings is 1. The fourth-order valence-corrected chi connectivity index (χ4v) is 3.96. The first kappa shape index (κ1) is 20.0. The molecule has 3 aromatic carbocycles. The number of hydrogen-bond acceptors (Lipinski definition) is 4. The Balaban J connectivity index is 1.50. The molecule has 7 nitrogen and oxygen atoms in total. The van der Waals surface area contributed by atoms with E-state index in [1.807, 2.05) is 77.5 Å². The Morgan fingerprint density at radius 1 is 1.03 bits per heavy atom. The SMILES string of the molecule is O=C(CCc1ccccc1)Nc1cccc2ccn(-c3ccc(Cl)cc3-c3nn[nH]n3)c12. The Bertz CT molecular complexity index is 1380. The summed E-state index contributed by atoms with van der Waals surface area (Å²) in [5.41, 5.74) is 4.31. The minimum atomic E-state index is -0.0383. The predicted octanol–water partition coefficient (Wildman–Crippen LogP) is 5.04. The number of benzene rings is 3. The second-order valence-corrected chi connectivity index (χ2v) is 7.80. The zero-order valence-corrected chi connectivity index (χ0v) is 17.8. The molecule has 0 saturated carbocycles. The van der Waals surface area contributed by atoms with E-state index in [9.17, 15) is 4.79 Å². The number of hydrogen-bond donors (Lipinski definition) is 2. The maximum atomic E-state index is 12.7. The van der Waals surface area contributed by atoms with Crippen LogP contribution in [0.1, 0.15) is 12.0 Å². The highest BCUT2D eigenvalue weighted by Gasteiger charge is 2.16. The van der Waals surface area contributed by atoms with Crippen molar-refractivity contribution >= 4 is 34.1 Å². The van der Waals surface area contributed by atoms with Crippen LogP contribution >= 0.6 is 11.6 Å². The second kappa shape index (κ2) is 8.64. The van der Waals surface area contributed by atoms with Crippen molar-refractivity contribution in [1.82, 2.24) is 25.2 Å². The summed E-state index contributed by atoms with van der Waals surface area (Å²) in [6.45, 7) is 0. The number of nitrogens with zero attached hydrogens (tertiary/aromatic N) is 4. The molecular formula is C24H19ClN6O. The first-order valence-electron chi connectivity index (χ1n) is 10.2. The van der Waals surface area contributed by atoms with Gasteiger partial charge in [0.1, 0.15) is 0 Å². The second-order valence-electron chi connectivity index (χ2n) is 7.36. The molecule has 158 valence electrons. The number of carbonyl (C=O) groups excluding carboxylic acids is 1. The third-order valence-electron chi connectivity index (χ3n) is 5.27. The van der Waals surface area contributed by atoms with E-state index in [4.69, 9.17) is 11.6 Å². The molecule has 0 aliphatic heterocycles. The molecule has 5 rings (SSSR count). The minimum absolute atomic E-state index is 0.0383. The van der Waals surface area contributed by atoms with Crippen molar-refractivity contribution in [3.63, 3.8) is 0 Å². The zero-order valence-electron chi connectivity index (χ0n) is 17.0. The summed E-state index contributed by atoms with van der Waals surface area (Å²) in [6, 6.07) is 23.4. The number of para-hydroxylation sites is 1. The van der Waals surface area contributed by atoms with Crippen molar-refractivity contribution in [2.24, 2.45) is 0 Å². The molecule has 5 aromatic rings. The normalized spacial score (nSPS) is 11.0. The smallest absolute Gasteiger partial charge is 0.224 e. The van der Waals surface area contributed by atoms with Crippen LogP contribution in [0.2, 0.25) is 5.02 Å². The Hall–Kier alpha value is -3.97. The summed E-state index contributed by atoms with van der Waals surface area (Å²) in [6.07, 6.45) is 3.04. The zero-order chi connectivity index (χ0) is 21.9. The Labute approximate surface area is 189 Å². The van der Waals surface area contributed by atoms with Crippen LogP contribution in [0.5, 0.6) is 0 Å². The van der Waals surface area contributed by atoms with Gasteiger partial charge in [-0.15, -0.1) is 10.2 Å². The van der Waals surface area contributed by atoms with Crippen LogP contribution in [0.25, 0.3) is 28.0 Å². The van der Waals surface area contributed by atoms with Gasteiger partial charge in [0.25, 0.3) is 0 Å². The van der Waals surface area contributed by atoms with Gasteiger partial charge in [0.05, 0.1) is 16.9 Å². The average molecular weight is 443 g/mol. The number of halogens is 1. The summed E-state index contributed by atoms with van der Waals surface area (Å²) in [5, 5.41) is 19.0. The lowest BCUT2D eigenvalue weighted by Gasteiger charge is -2.14. The van der Waals surface area contributed by atoms with Crippen molar-refractivity contribution in [2.45, 2.75) is 12.8 Å². The van der Waals surface area contributed by atoms with E-state index in [2.05, 4.69) is 25.9 Å². The number of carbonyl (C=O) groups is 1. The van der Waals surface area contributed by atoms with E-state index >= 15 is 0 Å².